The van der Waals surface area contributed by atoms with E-state index in [9.17, 15) is 0 Å². The van der Waals surface area contributed by atoms with Gasteiger partial charge < -0.3 is 4.57 Å². The number of aryl methyl sites for hydroxylation is 2. The van der Waals surface area contributed by atoms with Gasteiger partial charge in [-0.05, 0) is 44.0 Å². The zero-order valence-corrected chi connectivity index (χ0v) is 16.5. The molecule has 25 heavy (non-hydrogen) atoms. The summed E-state index contributed by atoms with van der Waals surface area (Å²) in [4.78, 5) is 1.27. The summed E-state index contributed by atoms with van der Waals surface area (Å²) in [5, 5.41) is 9.85. The Labute approximate surface area is 158 Å². The van der Waals surface area contributed by atoms with Crippen molar-refractivity contribution in [2.24, 2.45) is 0 Å². The van der Waals surface area contributed by atoms with Crippen LogP contribution in [0.15, 0.2) is 58.6 Å². The van der Waals surface area contributed by atoms with E-state index in [0.717, 1.165) is 29.0 Å². The third kappa shape index (κ3) is 4.67. The van der Waals surface area contributed by atoms with Gasteiger partial charge in [0.05, 0.1) is 5.75 Å². The Balaban J connectivity index is 1.66. The Kier molecular flexibility index (Phi) is 6.21. The lowest BCUT2D eigenvalue weighted by molar-refractivity contribution is 0.659. The molecule has 0 saturated heterocycles. The topological polar surface area (TPSA) is 30.7 Å². The summed E-state index contributed by atoms with van der Waals surface area (Å²) in [6, 6.07) is 17.1. The van der Waals surface area contributed by atoms with Gasteiger partial charge in [-0.25, -0.2) is 0 Å². The van der Waals surface area contributed by atoms with Crippen LogP contribution in [-0.2, 0) is 18.1 Å². The van der Waals surface area contributed by atoms with E-state index in [0.29, 0.717) is 0 Å². The molecule has 0 radical (unpaired) electrons. The number of rotatable bonds is 7. The van der Waals surface area contributed by atoms with Gasteiger partial charge in [-0.15, -0.1) is 22.0 Å². The molecule has 0 N–H and O–H groups in total. The van der Waals surface area contributed by atoms with Crippen LogP contribution in [0.5, 0.6) is 0 Å². The molecule has 0 amide bonds. The summed E-state index contributed by atoms with van der Waals surface area (Å²) in [6.07, 6.45) is 0. The molecule has 1 aromatic heterocycles. The van der Waals surface area contributed by atoms with Crippen molar-refractivity contribution < 1.29 is 0 Å². The molecule has 2 aromatic carbocycles. The molecule has 3 nitrogen and oxygen atoms in total. The van der Waals surface area contributed by atoms with Crippen molar-refractivity contribution in [1.29, 1.82) is 0 Å². The number of thioether (sulfide) groups is 2. The molecule has 0 aliphatic heterocycles. The number of aromatic nitrogens is 3. The van der Waals surface area contributed by atoms with Crippen molar-refractivity contribution in [1.82, 2.24) is 14.8 Å². The second kappa shape index (κ2) is 8.59. The van der Waals surface area contributed by atoms with Crippen molar-refractivity contribution in [3.05, 3.63) is 71.0 Å². The Morgan fingerprint density at radius 3 is 2.36 bits per heavy atom. The van der Waals surface area contributed by atoms with Crippen molar-refractivity contribution in [3.63, 3.8) is 0 Å². The molecular weight excluding hydrogens is 346 g/mol. The van der Waals surface area contributed by atoms with Gasteiger partial charge >= 0.3 is 0 Å². The standard InChI is InChI=1S/C20H23N3S2/c1-4-23-19(14-24-18-11-9-15(2)10-12-18)21-22-20(23)25-13-17-8-6-5-7-16(17)3/h5-12H,4,13-14H2,1-3H3. The first-order valence-corrected chi connectivity index (χ1v) is 10.4. The fraction of sp³-hybridized carbons (Fsp3) is 0.300. The van der Waals surface area contributed by atoms with Crippen LogP contribution >= 0.6 is 23.5 Å². The van der Waals surface area contributed by atoms with E-state index >= 15 is 0 Å². The quantitative estimate of drug-likeness (QED) is 0.515. The van der Waals surface area contributed by atoms with Gasteiger partial charge in [0.2, 0.25) is 0 Å². The smallest absolute Gasteiger partial charge is 0.191 e. The molecule has 0 unspecified atom stereocenters. The fourth-order valence-electron chi connectivity index (χ4n) is 2.55. The predicted octanol–water partition coefficient (Wildman–Crippen LogP) is 5.50. The normalized spacial score (nSPS) is 11.0. The maximum absolute atomic E-state index is 4.43. The van der Waals surface area contributed by atoms with Crippen LogP contribution in [0.4, 0.5) is 0 Å². The van der Waals surface area contributed by atoms with Crippen LogP contribution in [0.3, 0.4) is 0 Å². The van der Waals surface area contributed by atoms with Crippen LogP contribution in [0.1, 0.15) is 29.4 Å². The minimum Gasteiger partial charge on any atom is -0.306 e. The Morgan fingerprint density at radius 1 is 0.880 bits per heavy atom. The van der Waals surface area contributed by atoms with Gasteiger partial charge in [0.1, 0.15) is 5.82 Å². The highest BCUT2D eigenvalue weighted by molar-refractivity contribution is 7.98. The third-order valence-corrected chi connectivity index (χ3v) is 6.14. The third-order valence-electron chi connectivity index (χ3n) is 4.12. The lowest BCUT2D eigenvalue weighted by Crippen LogP contribution is -2.02. The van der Waals surface area contributed by atoms with Crippen molar-refractivity contribution in [3.8, 4) is 0 Å². The van der Waals surface area contributed by atoms with Gasteiger partial charge in [0.15, 0.2) is 5.16 Å². The average Bonchev–Trinajstić information content (AvgIpc) is 3.02. The van der Waals surface area contributed by atoms with E-state index in [-0.39, 0.29) is 0 Å². The summed E-state index contributed by atoms with van der Waals surface area (Å²) >= 11 is 3.57. The maximum atomic E-state index is 4.43. The molecule has 3 aromatic rings. The lowest BCUT2D eigenvalue weighted by Gasteiger charge is -2.08. The first kappa shape index (κ1) is 18.1. The van der Waals surface area contributed by atoms with E-state index in [1.807, 2.05) is 11.8 Å². The molecule has 0 aliphatic carbocycles. The highest BCUT2D eigenvalue weighted by atomic mass is 32.2. The lowest BCUT2D eigenvalue weighted by atomic mass is 10.1. The Bertz CT molecular complexity index is 825. The maximum Gasteiger partial charge on any atom is 0.191 e. The van der Waals surface area contributed by atoms with Crippen molar-refractivity contribution in [2.45, 2.75) is 48.9 Å². The summed E-state index contributed by atoms with van der Waals surface area (Å²) in [5.41, 5.74) is 3.97. The number of hydrogen-bond donors (Lipinski definition) is 0. The van der Waals surface area contributed by atoms with Crippen LogP contribution in [0, 0.1) is 13.8 Å². The van der Waals surface area contributed by atoms with Crippen molar-refractivity contribution >= 4 is 23.5 Å². The second-order valence-electron chi connectivity index (χ2n) is 5.96. The molecule has 5 heteroatoms. The predicted molar refractivity (Wildman–Crippen MR) is 107 cm³/mol. The highest BCUT2D eigenvalue weighted by Gasteiger charge is 2.12. The van der Waals surface area contributed by atoms with Gasteiger partial charge in [0.25, 0.3) is 0 Å². The van der Waals surface area contributed by atoms with Gasteiger partial charge in [-0.1, -0.05) is 53.7 Å². The Morgan fingerprint density at radius 2 is 1.64 bits per heavy atom. The zero-order valence-electron chi connectivity index (χ0n) is 14.9. The molecule has 130 valence electrons. The summed E-state index contributed by atoms with van der Waals surface area (Å²) < 4.78 is 2.23. The molecule has 0 aliphatic rings. The monoisotopic (exact) mass is 369 g/mol. The van der Waals surface area contributed by atoms with Gasteiger partial charge in [0, 0.05) is 17.2 Å². The van der Waals surface area contributed by atoms with E-state index in [4.69, 9.17) is 0 Å². The largest absolute Gasteiger partial charge is 0.306 e. The summed E-state index contributed by atoms with van der Waals surface area (Å²) in [6.45, 7) is 7.32. The number of nitrogens with zero attached hydrogens (tertiary/aromatic N) is 3. The summed E-state index contributed by atoms with van der Waals surface area (Å²) in [7, 11) is 0. The molecule has 3 rings (SSSR count). The molecule has 0 atom stereocenters. The van der Waals surface area contributed by atoms with Gasteiger partial charge in [-0.2, -0.15) is 0 Å². The minimum absolute atomic E-state index is 0.842. The number of hydrogen-bond acceptors (Lipinski definition) is 4. The van der Waals surface area contributed by atoms with E-state index in [2.05, 4.69) is 84.1 Å². The minimum atomic E-state index is 0.842. The van der Waals surface area contributed by atoms with Crippen LogP contribution in [0.25, 0.3) is 0 Å². The van der Waals surface area contributed by atoms with Crippen LogP contribution < -0.4 is 0 Å². The van der Waals surface area contributed by atoms with Crippen LogP contribution in [-0.4, -0.2) is 14.8 Å². The van der Waals surface area contributed by atoms with E-state index in [1.54, 1.807) is 11.8 Å². The SMILES string of the molecule is CCn1c(CSc2ccc(C)cc2)nnc1SCc1ccccc1C. The first-order valence-electron chi connectivity index (χ1n) is 8.46. The fourth-order valence-corrected chi connectivity index (χ4v) is 4.48. The highest BCUT2D eigenvalue weighted by Crippen LogP contribution is 2.27. The number of benzene rings is 2. The molecule has 1 heterocycles. The summed E-state index contributed by atoms with van der Waals surface area (Å²) in [5.74, 6) is 2.81. The molecular formula is C20H23N3S2. The second-order valence-corrected chi connectivity index (χ2v) is 7.95. The molecule has 0 spiro atoms. The zero-order chi connectivity index (χ0) is 17.6. The van der Waals surface area contributed by atoms with E-state index in [1.165, 1.54) is 21.6 Å². The molecule has 0 bridgehead atoms. The average molecular weight is 370 g/mol. The van der Waals surface area contributed by atoms with E-state index < -0.39 is 0 Å². The Hall–Kier alpha value is -1.72. The van der Waals surface area contributed by atoms with Gasteiger partial charge in [-0.3, -0.25) is 0 Å². The van der Waals surface area contributed by atoms with Crippen LogP contribution in [0.2, 0.25) is 0 Å². The van der Waals surface area contributed by atoms with Crippen molar-refractivity contribution in [2.75, 3.05) is 0 Å². The molecule has 0 saturated carbocycles. The first-order chi connectivity index (χ1) is 12.2. The molecule has 0 fully saturated rings.